The molecule has 0 radical (unpaired) electrons. The SMILES string of the molecule is CNc1ccc2ccccc2c1[N+](=O)[O-].O=[PH](O)O. The normalized spacial score (nSPS) is 9.89. The van der Waals surface area contributed by atoms with E-state index < -0.39 is 8.25 Å². The second kappa shape index (κ2) is 6.84. The van der Waals surface area contributed by atoms with Gasteiger partial charge in [0.1, 0.15) is 5.69 Å². The Morgan fingerprint density at radius 1 is 1.21 bits per heavy atom. The van der Waals surface area contributed by atoms with Crippen molar-refractivity contribution >= 4 is 30.4 Å². The van der Waals surface area contributed by atoms with Crippen molar-refractivity contribution in [2.75, 3.05) is 12.4 Å². The van der Waals surface area contributed by atoms with E-state index in [-0.39, 0.29) is 10.6 Å². The van der Waals surface area contributed by atoms with Gasteiger partial charge in [-0.2, -0.15) is 0 Å². The van der Waals surface area contributed by atoms with Gasteiger partial charge >= 0.3 is 8.25 Å². The topological polar surface area (TPSA) is 113 Å². The minimum atomic E-state index is -3.13. The Kier molecular flexibility index (Phi) is 5.44. The van der Waals surface area contributed by atoms with Crippen molar-refractivity contribution in [1.82, 2.24) is 0 Å². The molecule has 0 amide bonds. The van der Waals surface area contributed by atoms with Crippen LogP contribution in [0.1, 0.15) is 0 Å². The minimum absolute atomic E-state index is 0.135. The maximum absolute atomic E-state index is 11.0. The largest absolute Gasteiger partial charge is 0.383 e. The van der Waals surface area contributed by atoms with Crippen LogP contribution >= 0.6 is 8.25 Å². The maximum Gasteiger partial charge on any atom is 0.314 e. The molecule has 2 aromatic carbocycles. The zero-order chi connectivity index (χ0) is 14.4. The first kappa shape index (κ1) is 15.1. The van der Waals surface area contributed by atoms with E-state index in [1.807, 2.05) is 18.2 Å². The summed E-state index contributed by atoms with van der Waals surface area (Å²) in [5, 5.41) is 15.3. The molecule has 102 valence electrons. The first-order valence-corrected chi connectivity index (χ1v) is 6.53. The van der Waals surface area contributed by atoms with E-state index in [4.69, 9.17) is 14.4 Å². The summed E-state index contributed by atoms with van der Waals surface area (Å²) in [4.78, 5) is 24.9. The van der Waals surface area contributed by atoms with Crippen molar-refractivity contribution in [3.05, 3.63) is 46.5 Å². The Balaban J connectivity index is 0.000000399. The molecule has 0 heterocycles. The fraction of sp³-hybridized carbons (Fsp3) is 0.0909. The zero-order valence-corrected chi connectivity index (χ0v) is 11.0. The molecule has 0 aliphatic heterocycles. The highest BCUT2D eigenvalue weighted by molar-refractivity contribution is 7.30. The number of nitrogens with zero attached hydrogens (tertiary/aromatic N) is 1. The molecular formula is C11H13N2O5P. The Hall–Kier alpha value is -1.95. The molecule has 0 bridgehead atoms. The summed E-state index contributed by atoms with van der Waals surface area (Å²) in [6.07, 6.45) is 0. The summed E-state index contributed by atoms with van der Waals surface area (Å²) in [6, 6.07) is 10.9. The summed E-state index contributed by atoms with van der Waals surface area (Å²) in [5.41, 5.74) is 0.675. The van der Waals surface area contributed by atoms with Gasteiger partial charge in [-0.25, -0.2) is 0 Å². The van der Waals surface area contributed by atoms with E-state index in [0.29, 0.717) is 11.1 Å². The number of nitrogens with one attached hydrogen (secondary N) is 1. The number of benzene rings is 2. The van der Waals surface area contributed by atoms with E-state index >= 15 is 0 Å². The first-order valence-electron chi connectivity index (χ1n) is 5.23. The van der Waals surface area contributed by atoms with Crippen molar-refractivity contribution < 1.29 is 19.3 Å². The molecule has 0 saturated heterocycles. The van der Waals surface area contributed by atoms with Crippen LogP contribution in [0.5, 0.6) is 0 Å². The summed E-state index contributed by atoms with van der Waals surface area (Å²) in [6.45, 7) is 0. The van der Waals surface area contributed by atoms with Crippen LogP contribution in [0.25, 0.3) is 10.8 Å². The van der Waals surface area contributed by atoms with Crippen LogP contribution in [0.2, 0.25) is 0 Å². The van der Waals surface area contributed by atoms with Crippen LogP contribution in [0.15, 0.2) is 36.4 Å². The number of fused-ring (bicyclic) bond motifs is 1. The molecule has 0 unspecified atom stereocenters. The van der Waals surface area contributed by atoms with Crippen LogP contribution in [0.4, 0.5) is 11.4 Å². The average Bonchev–Trinajstić information content (AvgIpc) is 2.36. The van der Waals surface area contributed by atoms with Gasteiger partial charge in [-0.3, -0.25) is 14.7 Å². The quantitative estimate of drug-likeness (QED) is 0.442. The van der Waals surface area contributed by atoms with Gasteiger partial charge in [0, 0.05) is 7.05 Å². The Morgan fingerprint density at radius 2 is 1.79 bits per heavy atom. The predicted octanol–water partition coefficient (Wildman–Crippen LogP) is 2.15. The lowest BCUT2D eigenvalue weighted by atomic mass is 10.1. The molecule has 3 N–H and O–H groups in total. The molecule has 19 heavy (non-hydrogen) atoms. The molecule has 0 saturated carbocycles. The van der Waals surface area contributed by atoms with E-state index in [2.05, 4.69) is 5.32 Å². The molecule has 0 aliphatic rings. The molecule has 0 aromatic heterocycles. The monoisotopic (exact) mass is 284 g/mol. The van der Waals surface area contributed by atoms with Gasteiger partial charge in [-0.1, -0.05) is 24.3 Å². The number of hydrogen-bond acceptors (Lipinski definition) is 4. The minimum Gasteiger partial charge on any atom is -0.383 e. The molecule has 0 aliphatic carbocycles. The van der Waals surface area contributed by atoms with E-state index in [1.54, 1.807) is 25.2 Å². The highest BCUT2D eigenvalue weighted by Gasteiger charge is 2.16. The summed E-state index contributed by atoms with van der Waals surface area (Å²) < 4.78 is 8.74. The van der Waals surface area contributed by atoms with Gasteiger partial charge in [-0.15, -0.1) is 0 Å². The van der Waals surface area contributed by atoms with E-state index in [0.717, 1.165) is 5.39 Å². The van der Waals surface area contributed by atoms with Gasteiger partial charge in [-0.05, 0) is 17.5 Å². The van der Waals surface area contributed by atoms with Crippen molar-refractivity contribution in [2.24, 2.45) is 0 Å². The van der Waals surface area contributed by atoms with Gasteiger partial charge < -0.3 is 15.1 Å². The van der Waals surface area contributed by atoms with Crippen LogP contribution in [-0.4, -0.2) is 21.8 Å². The lowest BCUT2D eigenvalue weighted by molar-refractivity contribution is -0.382. The summed E-state index contributed by atoms with van der Waals surface area (Å²) >= 11 is 0. The lowest BCUT2D eigenvalue weighted by Crippen LogP contribution is -1.97. The number of anilines is 1. The van der Waals surface area contributed by atoms with Gasteiger partial charge in [0.05, 0.1) is 10.3 Å². The summed E-state index contributed by atoms with van der Waals surface area (Å²) in [7, 11) is -1.45. The van der Waals surface area contributed by atoms with Gasteiger partial charge in [0.25, 0.3) is 5.69 Å². The number of hydrogen-bond donors (Lipinski definition) is 3. The van der Waals surface area contributed by atoms with Crippen molar-refractivity contribution in [3.63, 3.8) is 0 Å². The number of rotatable bonds is 2. The van der Waals surface area contributed by atoms with Gasteiger partial charge in [0.2, 0.25) is 0 Å². The third-order valence-electron chi connectivity index (χ3n) is 2.35. The molecule has 2 aromatic rings. The third kappa shape index (κ3) is 4.03. The molecule has 0 fully saturated rings. The van der Waals surface area contributed by atoms with Crippen LogP contribution in [0, 0.1) is 10.1 Å². The van der Waals surface area contributed by atoms with Crippen LogP contribution in [-0.2, 0) is 4.57 Å². The lowest BCUT2D eigenvalue weighted by Gasteiger charge is -2.04. The zero-order valence-electron chi connectivity index (χ0n) is 10.0. The van der Waals surface area contributed by atoms with Crippen molar-refractivity contribution in [2.45, 2.75) is 0 Å². The van der Waals surface area contributed by atoms with E-state index in [1.165, 1.54) is 0 Å². The van der Waals surface area contributed by atoms with Gasteiger partial charge in [0.15, 0.2) is 0 Å². The number of nitro groups is 1. The highest BCUT2D eigenvalue weighted by atomic mass is 31.1. The highest BCUT2D eigenvalue weighted by Crippen LogP contribution is 2.32. The van der Waals surface area contributed by atoms with Crippen molar-refractivity contribution in [3.8, 4) is 0 Å². The standard InChI is InChI=1S/C11H10N2O2.H3O3P/c1-12-10-7-6-8-4-2-3-5-9(8)11(10)13(14)15;1-4(2)3/h2-7,12H,1H3;4H,(H2,1,2,3). The molecular weight excluding hydrogens is 271 g/mol. The predicted molar refractivity (Wildman–Crippen MR) is 73.6 cm³/mol. The van der Waals surface area contributed by atoms with Crippen LogP contribution < -0.4 is 5.32 Å². The molecule has 0 atom stereocenters. The Morgan fingerprint density at radius 3 is 2.32 bits per heavy atom. The third-order valence-corrected chi connectivity index (χ3v) is 2.35. The number of nitro benzene ring substituents is 1. The van der Waals surface area contributed by atoms with Crippen molar-refractivity contribution in [1.29, 1.82) is 0 Å². The summed E-state index contributed by atoms with van der Waals surface area (Å²) in [5.74, 6) is 0. The Labute approximate surface area is 109 Å². The Bertz CT molecular complexity index is 613. The fourth-order valence-electron chi connectivity index (χ4n) is 1.65. The average molecular weight is 284 g/mol. The maximum atomic E-state index is 11.0. The smallest absolute Gasteiger partial charge is 0.314 e. The molecule has 0 spiro atoms. The second-order valence-corrected chi connectivity index (χ2v) is 4.04. The fourth-order valence-corrected chi connectivity index (χ4v) is 1.65. The van der Waals surface area contributed by atoms with Crippen LogP contribution in [0.3, 0.4) is 0 Å². The second-order valence-electron chi connectivity index (χ2n) is 3.47. The first-order chi connectivity index (χ1) is 8.97. The molecule has 7 nitrogen and oxygen atoms in total. The van der Waals surface area contributed by atoms with E-state index in [9.17, 15) is 10.1 Å². The molecule has 8 heteroatoms. The molecule has 2 rings (SSSR count).